The highest BCUT2D eigenvalue weighted by molar-refractivity contribution is 5.75. The number of nitrogens with zero attached hydrogens (tertiary/aromatic N) is 3. The number of hydrogen-bond acceptors (Lipinski definition) is 4. The van der Waals surface area contributed by atoms with E-state index in [0.717, 1.165) is 0 Å². The van der Waals surface area contributed by atoms with Crippen molar-refractivity contribution in [2.75, 3.05) is 26.4 Å². The number of likely N-dealkylation sites (N-methyl/N-ethyl adjacent to an activating group) is 1. The average Bonchev–Trinajstić information content (AvgIpc) is 2.61. The lowest BCUT2D eigenvalue weighted by Gasteiger charge is -2.32. The third-order valence-electron chi connectivity index (χ3n) is 2.90. The van der Waals surface area contributed by atoms with Crippen LogP contribution in [0.2, 0.25) is 0 Å². The molecule has 0 bridgehead atoms. The molecule has 0 spiro atoms. The van der Waals surface area contributed by atoms with Gasteiger partial charge in [0.25, 0.3) is 0 Å². The first-order valence-corrected chi connectivity index (χ1v) is 5.54. The van der Waals surface area contributed by atoms with Crippen molar-refractivity contribution >= 4 is 11.7 Å². The fraction of sp³-hybridized carbons (Fsp3) is 0.636. The van der Waals surface area contributed by atoms with Gasteiger partial charge in [-0.15, -0.1) is 0 Å². The molecule has 1 heterocycles. The number of aromatic nitrogens is 2. The van der Waals surface area contributed by atoms with E-state index in [1.807, 2.05) is 14.1 Å². The van der Waals surface area contributed by atoms with Gasteiger partial charge < -0.3 is 16.0 Å². The summed E-state index contributed by atoms with van der Waals surface area (Å²) in [5.74, 6) is 0.356. The largest absolute Gasteiger partial charge is 0.382 e. The highest BCUT2D eigenvalue weighted by Gasteiger charge is 2.20. The van der Waals surface area contributed by atoms with E-state index < -0.39 is 0 Å². The van der Waals surface area contributed by atoms with E-state index >= 15 is 0 Å². The summed E-state index contributed by atoms with van der Waals surface area (Å²) in [5, 5.41) is 6.83. The molecule has 0 unspecified atom stereocenters. The van der Waals surface area contributed by atoms with Gasteiger partial charge in [0.05, 0.1) is 0 Å². The molecule has 0 atom stereocenters. The number of rotatable bonds is 5. The molecular weight excluding hydrogens is 218 g/mol. The van der Waals surface area contributed by atoms with Gasteiger partial charge in [-0.1, -0.05) is 0 Å². The fourth-order valence-electron chi connectivity index (χ4n) is 1.14. The number of hydrogen-bond donors (Lipinski definition) is 2. The molecule has 0 saturated carbocycles. The second-order valence-corrected chi connectivity index (χ2v) is 4.92. The monoisotopic (exact) mass is 239 g/mol. The Morgan fingerprint density at radius 2 is 2.24 bits per heavy atom. The molecule has 0 aliphatic heterocycles. The lowest BCUT2D eigenvalue weighted by atomic mass is 10.0. The molecule has 6 heteroatoms. The van der Waals surface area contributed by atoms with Crippen molar-refractivity contribution in [2.45, 2.75) is 25.9 Å². The Bertz CT molecular complexity index is 383. The Balaban J connectivity index is 2.41. The van der Waals surface area contributed by atoms with Crippen LogP contribution in [0.25, 0.3) is 0 Å². The van der Waals surface area contributed by atoms with Gasteiger partial charge in [0.2, 0.25) is 5.91 Å². The molecule has 0 radical (unpaired) electrons. The number of carbonyl (C=O) groups is 1. The molecule has 6 nitrogen and oxygen atoms in total. The van der Waals surface area contributed by atoms with E-state index in [9.17, 15) is 4.79 Å². The Kier molecular flexibility index (Phi) is 4.11. The summed E-state index contributed by atoms with van der Waals surface area (Å²) in [4.78, 5) is 13.7. The van der Waals surface area contributed by atoms with E-state index in [4.69, 9.17) is 5.73 Å². The van der Waals surface area contributed by atoms with Crippen LogP contribution in [0, 0.1) is 0 Å². The second-order valence-electron chi connectivity index (χ2n) is 4.92. The van der Waals surface area contributed by atoms with Gasteiger partial charge in [-0.2, -0.15) is 5.10 Å². The van der Waals surface area contributed by atoms with Gasteiger partial charge >= 0.3 is 0 Å². The SMILES string of the molecule is CN(C)C(C)(C)CNC(=O)Cn1ccc(N)n1. The van der Waals surface area contributed by atoms with Crippen molar-refractivity contribution in [2.24, 2.45) is 0 Å². The molecule has 0 saturated heterocycles. The number of nitrogen functional groups attached to an aromatic ring is 1. The lowest BCUT2D eigenvalue weighted by Crippen LogP contribution is -2.48. The zero-order valence-corrected chi connectivity index (χ0v) is 10.9. The van der Waals surface area contributed by atoms with Crippen molar-refractivity contribution in [3.05, 3.63) is 12.3 Å². The standard InChI is InChI=1S/C11H21N5O/c1-11(2,15(3)4)8-13-10(17)7-16-6-5-9(12)14-16/h5-6H,7-8H2,1-4H3,(H2,12,14)(H,13,17). The molecule has 1 aromatic rings. The van der Waals surface area contributed by atoms with Crippen molar-refractivity contribution in [3.63, 3.8) is 0 Å². The van der Waals surface area contributed by atoms with Crippen LogP contribution in [-0.2, 0) is 11.3 Å². The molecule has 1 rings (SSSR count). The minimum Gasteiger partial charge on any atom is -0.382 e. The first-order chi connectivity index (χ1) is 7.81. The molecule has 1 aromatic heterocycles. The van der Waals surface area contributed by atoms with Crippen LogP contribution >= 0.6 is 0 Å². The number of nitrogens with two attached hydrogens (primary N) is 1. The van der Waals surface area contributed by atoms with Crippen LogP contribution in [0.15, 0.2) is 12.3 Å². The van der Waals surface area contributed by atoms with E-state index in [1.54, 1.807) is 12.3 Å². The summed E-state index contributed by atoms with van der Waals surface area (Å²) in [7, 11) is 3.97. The maximum Gasteiger partial charge on any atom is 0.241 e. The van der Waals surface area contributed by atoms with E-state index in [-0.39, 0.29) is 18.0 Å². The number of anilines is 1. The normalized spacial score (nSPS) is 11.8. The number of carbonyl (C=O) groups excluding carboxylic acids is 1. The second kappa shape index (κ2) is 5.18. The van der Waals surface area contributed by atoms with Crippen LogP contribution in [0.1, 0.15) is 13.8 Å². The van der Waals surface area contributed by atoms with Gasteiger partial charge in [0.1, 0.15) is 12.4 Å². The van der Waals surface area contributed by atoms with E-state index in [2.05, 4.69) is 29.2 Å². The Labute approximate surface area is 102 Å². The van der Waals surface area contributed by atoms with Gasteiger partial charge in [-0.05, 0) is 34.0 Å². The maximum atomic E-state index is 11.7. The smallest absolute Gasteiger partial charge is 0.241 e. The molecule has 3 N–H and O–H groups in total. The molecule has 0 aliphatic carbocycles. The molecule has 96 valence electrons. The van der Waals surface area contributed by atoms with Crippen LogP contribution in [0.5, 0.6) is 0 Å². The number of amides is 1. The first kappa shape index (κ1) is 13.5. The van der Waals surface area contributed by atoms with E-state index in [0.29, 0.717) is 12.4 Å². The van der Waals surface area contributed by atoms with Gasteiger partial charge in [0.15, 0.2) is 0 Å². The zero-order chi connectivity index (χ0) is 13.1. The van der Waals surface area contributed by atoms with Crippen molar-refractivity contribution in [1.82, 2.24) is 20.0 Å². The van der Waals surface area contributed by atoms with Crippen molar-refractivity contribution < 1.29 is 4.79 Å². The molecule has 0 aliphatic rings. The predicted molar refractivity (Wildman–Crippen MR) is 67.4 cm³/mol. The summed E-state index contributed by atoms with van der Waals surface area (Å²) in [6.45, 7) is 4.93. The molecular formula is C11H21N5O. The van der Waals surface area contributed by atoms with Crippen LogP contribution < -0.4 is 11.1 Å². The summed E-state index contributed by atoms with van der Waals surface area (Å²) in [6.07, 6.45) is 1.69. The van der Waals surface area contributed by atoms with Gasteiger partial charge in [-0.3, -0.25) is 9.48 Å². The maximum absolute atomic E-state index is 11.7. The van der Waals surface area contributed by atoms with Crippen molar-refractivity contribution in [1.29, 1.82) is 0 Å². The third-order valence-corrected chi connectivity index (χ3v) is 2.90. The van der Waals surface area contributed by atoms with Crippen LogP contribution in [-0.4, -0.2) is 46.8 Å². The van der Waals surface area contributed by atoms with Crippen LogP contribution in [0.4, 0.5) is 5.82 Å². The van der Waals surface area contributed by atoms with Gasteiger partial charge in [-0.25, -0.2) is 0 Å². The fourth-order valence-corrected chi connectivity index (χ4v) is 1.14. The topological polar surface area (TPSA) is 76.2 Å². The van der Waals surface area contributed by atoms with Crippen molar-refractivity contribution in [3.8, 4) is 0 Å². The Morgan fingerprint density at radius 1 is 1.59 bits per heavy atom. The summed E-state index contributed by atoms with van der Waals surface area (Å²) in [5.41, 5.74) is 5.40. The molecule has 0 aromatic carbocycles. The van der Waals surface area contributed by atoms with Gasteiger partial charge in [0, 0.05) is 18.3 Å². The number of nitrogens with one attached hydrogen (secondary N) is 1. The third kappa shape index (κ3) is 4.07. The minimum atomic E-state index is -0.0706. The highest BCUT2D eigenvalue weighted by atomic mass is 16.2. The minimum absolute atomic E-state index is 0.0666. The predicted octanol–water partition coefficient (Wildman–Crippen LogP) is -0.0783. The molecule has 17 heavy (non-hydrogen) atoms. The first-order valence-electron chi connectivity index (χ1n) is 5.54. The average molecular weight is 239 g/mol. The Morgan fingerprint density at radius 3 is 2.71 bits per heavy atom. The quantitative estimate of drug-likeness (QED) is 0.753. The summed E-state index contributed by atoms with van der Waals surface area (Å²) >= 11 is 0. The summed E-state index contributed by atoms with van der Waals surface area (Å²) in [6, 6.07) is 1.66. The van der Waals surface area contributed by atoms with Crippen LogP contribution in [0.3, 0.4) is 0 Å². The molecule has 1 amide bonds. The lowest BCUT2D eigenvalue weighted by molar-refractivity contribution is -0.122. The summed E-state index contributed by atoms with van der Waals surface area (Å²) < 4.78 is 1.52. The zero-order valence-electron chi connectivity index (χ0n) is 10.9. The molecule has 0 fully saturated rings. The van der Waals surface area contributed by atoms with E-state index in [1.165, 1.54) is 4.68 Å². The Hall–Kier alpha value is -1.56. The highest BCUT2D eigenvalue weighted by Crippen LogP contribution is 2.07.